The van der Waals surface area contributed by atoms with Crippen LogP contribution in [0.2, 0.25) is 10.0 Å². The number of ketones is 4. The molecule has 660 valence electrons. The lowest BCUT2D eigenvalue weighted by Gasteiger charge is -2.14. The number of aliphatic imine (C=N–C) groups is 4. The van der Waals surface area contributed by atoms with Crippen molar-refractivity contribution in [3.05, 3.63) is 373 Å². The molecule has 0 bridgehead atoms. The molecule has 16 rings (SSSR count). The van der Waals surface area contributed by atoms with Gasteiger partial charge in [0.15, 0.2) is 23.1 Å². The van der Waals surface area contributed by atoms with Crippen molar-refractivity contribution in [1.82, 2.24) is 39.5 Å². The predicted octanol–water partition coefficient (Wildman–Crippen LogP) is 18.0. The lowest BCUT2D eigenvalue weighted by molar-refractivity contribution is 0.0976. The summed E-state index contributed by atoms with van der Waals surface area (Å²) in [4.78, 5) is 145. The minimum Gasteiger partial charge on any atom is -0.358 e. The molecule has 0 unspecified atom stereocenters. The molecule has 4 amide bonds. The number of Topliss-reactive ketones (excluding diaryl/α,β-unsaturated/α-hetero) is 4. The topological polar surface area (TPSA) is 299 Å². The SMILES string of the molecule is CN1CCN=C1c1ccc(C(=O)Cc2ccccc2C(=O)Nc2ccc(Br)cn2)c(F)c1.Cc1ccc(CC(=O)c2ccc(C3=NCCN3C)cc2)c(C(=O)Nc2ccc(Cl)cn2)c1.Cc1ccc(CC(=O)c2ccc(C3=NCCN3C)cc2F)c(C(=O)Nc2ccc(Br)cn2)c1.Cc1ccc(CC(=O)c2ccc(C3=NCCN3C)cc2F)c(C(=O)Nc2ccc(Cl)cn2)c1. The summed E-state index contributed by atoms with van der Waals surface area (Å²) >= 11 is 18.3. The van der Waals surface area contributed by atoms with Crippen LogP contribution >= 0.6 is 55.1 Å². The molecule has 0 saturated carbocycles. The van der Waals surface area contributed by atoms with Crippen LogP contribution in [0.1, 0.15) is 144 Å². The highest BCUT2D eigenvalue weighted by Gasteiger charge is 2.28. The second kappa shape index (κ2) is 43.3. The Morgan fingerprint density at radius 2 is 0.615 bits per heavy atom. The van der Waals surface area contributed by atoms with Crippen LogP contribution in [0.4, 0.5) is 36.4 Å². The van der Waals surface area contributed by atoms with Gasteiger partial charge in [0, 0.05) is 164 Å². The average Bonchev–Trinajstić information content (AvgIpc) is 1.22. The molecule has 0 spiro atoms. The van der Waals surface area contributed by atoms with Gasteiger partial charge in [-0.15, -0.1) is 0 Å². The Morgan fingerprint density at radius 1 is 0.323 bits per heavy atom. The number of halogens is 7. The molecule has 4 aliphatic rings. The molecule has 4 aromatic heterocycles. The van der Waals surface area contributed by atoms with Crippen LogP contribution in [0, 0.1) is 38.2 Å². The summed E-state index contributed by atoms with van der Waals surface area (Å²) < 4.78 is 46.0. The first kappa shape index (κ1) is 93.8. The molecule has 130 heavy (non-hydrogen) atoms. The van der Waals surface area contributed by atoms with Gasteiger partial charge in [0.2, 0.25) is 0 Å². The third-order valence-corrected chi connectivity index (χ3v) is 22.7. The quantitative estimate of drug-likeness (QED) is 0.0409. The molecule has 4 N–H and O–H groups in total. The molecule has 0 saturated heterocycles. The van der Waals surface area contributed by atoms with Gasteiger partial charge in [-0.1, -0.05) is 137 Å². The number of carbonyl (C=O) groups excluding carboxylic acids is 8. The fourth-order valence-electron chi connectivity index (χ4n) is 14.5. The number of likely N-dealkylation sites (N-methyl/N-ethyl adjacent to an activating group) is 4. The zero-order chi connectivity index (χ0) is 92.4. The van der Waals surface area contributed by atoms with Crippen LogP contribution in [0.3, 0.4) is 0 Å². The van der Waals surface area contributed by atoms with E-state index < -0.39 is 40.7 Å². The van der Waals surface area contributed by atoms with Crippen LogP contribution in [-0.4, -0.2) is 190 Å². The number of amides is 4. The lowest BCUT2D eigenvalue weighted by atomic mass is 9.96. The van der Waals surface area contributed by atoms with Crippen LogP contribution in [0.25, 0.3) is 0 Å². The van der Waals surface area contributed by atoms with Crippen LogP contribution in [0.15, 0.2) is 260 Å². The zero-order valence-electron chi connectivity index (χ0n) is 71.7. The van der Waals surface area contributed by atoms with Gasteiger partial charge in [-0.05, 0) is 184 Å². The van der Waals surface area contributed by atoms with E-state index >= 15 is 0 Å². The fourth-order valence-corrected chi connectivity index (χ4v) is 15.2. The van der Waals surface area contributed by atoms with E-state index in [4.69, 9.17) is 23.2 Å². The van der Waals surface area contributed by atoms with E-state index in [1.54, 1.807) is 134 Å². The first-order valence-corrected chi connectivity index (χ1v) is 43.5. The molecule has 8 heterocycles. The molecule has 31 heteroatoms. The normalized spacial score (nSPS) is 13.1. The monoisotopic (exact) mass is 1910 g/mol. The van der Waals surface area contributed by atoms with Crippen LogP contribution in [-0.2, 0) is 25.7 Å². The zero-order valence-corrected chi connectivity index (χ0v) is 76.4. The summed E-state index contributed by atoms with van der Waals surface area (Å²) in [5.74, 6) is 0.0221. The highest BCUT2D eigenvalue weighted by Crippen LogP contribution is 2.28. The smallest absolute Gasteiger partial charge is 0.257 e. The van der Waals surface area contributed by atoms with Gasteiger partial charge in [-0.2, -0.15) is 0 Å². The Balaban J connectivity index is 0.000000148. The second-order valence-electron chi connectivity index (χ2n) is 31.0. The molecule has 12 aromatic rings. The largest absolute Gasteiger partial charge is 0.358 e. The number of pyridine rings is 4. The Labute approximate surface area is 775 Å². The molecular weight excluding hydrogens is 1830 g/mol. The molecule has 8 aromatic carbocycles. The Hall–Kier alpha value is -13.9. The van der Waals surface area contributed by atoms with Crippen molar-refractivity contribution in [1.29, 1.82) is 0 Å². The third-order valence-electron chi connectivity index (χ3n) is 21.4. The molecule has 0 aliphatic carbocycles. The molecule has 0 fully saturated rings. The molecule has 24 nitrogen and oxygen atoms in total. The molecular formula is C99H87Br2Cl2F3N16O8. The Kier molecular flexibility index (Phi) is 31.2. The van der Waals surface area contributed by atoms with Crippen LogP contribution in [0.5, 0.6) is 0 Å². The van der Waals surface area contributed by atoms with Crippen molar-refractivity contribution in [2.75, 3.05) is 102 Å². The summed E-state index contributed by atoms with van der Waals surface area (Å²) in [6.07, 6.45) is 5.85. The number of amidine groups is 4. The van der Waals surface area contributed by atoms with Gasteiger partial charge in [0.05, 0.1) is 52.9 Å². The van der Waals surface area contributed by atoms with Crippen LogP contribution < -0.4 is 21.3 Å². The van der Waals surface area contributed by atoms with E-state index in [0.717, 1.165) is 69.8 Å². The Morgan fingerprint density at radius 3 is 0.915 bits per heavy atom. The fraction of sp³-hybridized carbons (Fsp3) is 0.192. The predicted molar refractivity (Wildman–Crippen MR) is 508 cm³/mol. The number of rotatable bonds is 24. The summed E-state index contributed by atoms with van der Waals surface area (Å²) in [7, 11) is 7.70. The maximum atomic E-state index is 14.8. The summed E-state index contributed by atoms with van der Waals surface area (Å²) in [5.41, 5.74) is 9.79. The van der Waals surface area contributed by atoms with Crippen molar-refractivity contribution < 1.29 is 51.5 Å². The third kappa shape index (κ3) is 24.3. The number of hydrogen-bond acceptors (Lipinski definition) is 20. The maximum Gasteiger partial charge on any atom is 0.257 e. The number of anilines is 4. The van der Waals surface area contributed by atoms with Crippen molar-refractivity contribution >= 4 is 148 Å². The number of benzene rings is 8. The molecule has 0 atom stereocenters. The highest BCUT2D eigenvalue weighted by atomic mass is 79.9. The molecule has 0 radical (unpaired) electrons. The van der Waals surface area contributed by atoms with Gasteiger partial charge in [0.1, 0.15) is 64.1 Å². The number of hydrogen-bond donors (Lipinski definition) is 4. The van der Waals surface area contributed by atoms with E-state index in [2.05, 4.69) is 97.9 Å². The van der Waals surface area contributed by atoms with E-state index in [-0.39, 0.29) is 65.9 Å². The molecule has 4 aliphatic heterocycles. The van der Waals surface area contributed by atoms with Gasteiger partial charge < -0.3 is 40.9 Å². The number of nitrogens with one attached hydrogen (secondary N) is 4. The van der Waals surface area contributed by atoms with Gasteiger partial charge in [-0.25, -0.2) is 33.1 Å². The van der Waals surface area contributed by atoms with Crippen molar-refractivity contribution in [3.8, 4) is 0 Å². The number of carbonyl (C=O) groups is 8. The summed E-state index contributed by atoms with van der Waals surface area (Å²) in [5, 5.41) is 11.9. The standard InChI is InChI=1S/C25H22BrFN4O2.C25H22ClFN4O2.C25H23ClN4O2.C24H20BrFN4O2/c2*1-15-3-4-16(20(11-15)25(33)30-23-8-6-18(26)14-29-23)13-22(32)19-7-5-17(12-21(19)27)24-28-9-10-31(24)2;1-16-3-4-19(21(13-16)25(32)29-23-10-9-20(26)15-28-23)14-22(31)17-5-7-18(8-6-17)24-27-11-12-30(24)2;1-30-11-10-27-23(30)16-6-8-19(20(26)12-16)21(31)13-15-4-2-3-5-18(15)24(32)29-22-9-7-17(25)14-28-22/h2*3-8,11-12,14H,9-10,13H2,1-2H3,(H,29,30,33);3-10,13,15H,11-12,14H2,1-2H3,(H,28,29,32);2-9,12,14H,10-11,13H2,1H3,(H,28,29,32). The lowest BCUT2D eigenvalue weighted by Crippen LogP contribution is -2.23. The van der Waals surface area contributed by atoms with Crippen molar-refractivity contribution in [2.24, 2.45) is 20.0 Å². The summed E-state index contributed by atoms with van der Waals surface area (Å²) in [6.45, 7) is 11.7. The number of aromatic nitrogens is 4. The Bertz CT molecular complexity index is 6270. The van der Waals surface area contributed by atoms with E-state index in [0.29, 0.717) is 137 Å². The minimum atomic E-state index is -0.607. The van der Waals surface area contributed by atoms with Gasteiger partial charge >= 0.3 is 0 Å². The first-order chi connectivity index (χ1) is 62.4. The van der Waals surface area contributed by atoms with Gasteiger partial charge in [0.25, 0.3) is 23.6 Å². The van der Waals surface area contributed by atoms with E-state index in [9.17, 15) is 51.5 Å². The number of aryl methyl sites for hydroxylation is 3. The average molecular weight is 1920 g/mol. The van der Waals surface area contributed by atoms with E-state index in [1.165, 1.54) is 48.8 Å². The first-order valence-electron chi connectivity index (χ1n) is 41.2. The number of nitrogens with zero attached hydrogens (tertiary/aromatic N) is 12. The second-order valence-corrected chi connectivity index (χ2v) is 33.7. The van der Waals surface area contributed by atoms with Gasteiger partial charge in [-0.3, -0.25) is 58.3 Å². The maximum absolute atomic E-state index is 14.8. The minimum absolute atomic E-state index is 0.0125. The summed E-state index contributed by atoms with van der Waals surface area (Å²) in [6, 6.07) is 57.2. The van der Waals surface area contributed by atoms with E-state index in [1.807, 2.05) is 112 Å². The van der Waals surface area contributed by atoms with Crippen molar-refractivity contribution in [2.45, 2.75) is 46.5 Å². The highest BCUT2D eigenvalue weighted by molar-refractivity contribution is 9.10. The van der Waals surface area contributed by atoms with Crippen molar-refractivity contribution in [3.63, 3.8) is 0 Å².